The molecule has 0 aliphatic rings. The first-order chi connectivity index (χ1) is 7.19. The van der Waals surface area contributed by atoms with Gasteiger partial charge in [-0.3, -0.25) is 4.79 Å². The monoisotopic (exact) mass is 250 g/mol. The van der Waals surface area contributed by atoms with Crippen LogP contribution in [0.5, 0.6) is 0 Å². The number of likely N-dealkylation sites (N-methyl/N-ethyl adjacent to an activating group) is 1. The fourth-order valence-electron chi connectivity index (χ4n) is 1.16. The van der Waals surface area contributed by atoms with Gasteiger partial charge < -0.3 is 10.6 Å². The van der Waals surface area contributed by atoms with Crippen LogP contribution in [0.4, 0.5) is 0 Å². The number of carbonyl (C=O) groups excluding carboxylic acids is 1. The number of sulfone groups is 1. The summed E-state index contributed by atoms with van der Waals surface area (Å²) in [5.74, 6) is -0.117. The summed E-state index contributed by atoms with van der Waals surface area (Å²) < 4.78 is 21.9. The summed E-state index contributed by atoms with van der Waals surface area (Å²) in [7, 11) is -1.46. The van der Waals surface area contributed by atoms with E-state index in [1.54, 1.807) is 7.05 Å². The minimum absolute atomic E-state index is 0.0253. The van der Waals surface area contributed by atoms with E-state index < -0.39 is 15.9 Å². The summed E-state index contributed by atoms with van der Waals surface area (Å²) in [5, 5.41) is 0. The Morgan fingerprint density at radius 1 is 1.44 bits per heavy atom. The van der Waals surface area contributed by atoms with Crippen molar-refractivity contribution in [3.63, 3.8) is 0 Å². The molecule has 2 N–H and O–H groups in total. The van der Waals surface area contributed by atoms with Gasteiger partial charge in [-0.05, 0) is 5.92 Å². The quantitative estimate of drug-likeness (QED) is 0.711. The lowest BCUT2D eigenvalue weighted by Crippen LogP contribution is -2.46. The summed E-state index contributed by atoms with van der Waals surface area (Å²) in [6, 6.07) is -0.547. The molecule has 6 heteroatoms. The Morgan fingerprint density at radius 2 is 1.94 bits per heavy atom. The van der Waals surface area contributed by atoms with Crippen LogP contribution in [0.2, 0.25) is 0 Å². The van der Waals surface area contributed by atoms with Crippen molar-refractivity contribution in [1.29, 1.82) is 0 Å². The summed E-state index contributed by atoms with van der Waals surface area (Å²) in [5.41, 5.74) is 5.77. The van der Waals surface area contributed by atoms with Gasteiger partial charge in [-0.25, -0.2) is 8.42 Å². The lowest BCUT2D eigenvalue weighted by Gasteiger charge is -2.24. The van der Waals surface area contributed by atoms with Crippen molar-refractivity contribution in [2.75, 3.05) is 25.6 Å². The molecule has 0 aromatic carbocycles. The predicted octanol–water partition coefficient (Wildman–Crippen LogP) is -0.137. The molecule has 0 aromatic heterocycles. The molecule has 0 rings (SSSR count). The third-order valence-corrected chi connectivity index (χ3v) is 3.64. The SMILES string of the molecule is CCC(C)C(N)C(=O)N(C)CCS(C)(=O)=O. The summed E-state index contributed by atoms with van der Waals surface area (Å²) in [6.07, 6.45) is 1.98. The molecule has 0 heterocycles. The average molecular weight is 250 g/mol. The number of rotatable bonds is 6. The molecule has 0 saturated heterocycles. The summed E-state index contributed by atoms with van der Waals surface area (Å²) in [4.78, 5) is 13.2. The van der Waals surface area contributed by atoms with E-state index in [2.05, 4.69) is 0 Å². The summed E-state index contributed by atoms with van der Waals surface area (Å²) >= 11 is 0. The number of nitrogens with two attached hydrogens (primary N) is 1. The van der Waals surface area contributed by atoms with E-state index >= 15 is 0 Å². The van der Waals surface area contributed by atoms with Gasteiger partial charge in [-0.15, -0.1) is 0 Å². The lowest BCUT2D eigenvalue weighted by molar-refractivity contribution is -0.132. The van der Waals surface area contributed by atoms with Gasteiger partial charge in [-0.1, -0.05) is 20.3 Å². The van der Waals surface area contributed by atoms with E-state index in [0.717, 1.165) is 12.7 Å². The van der Waals surface area contributed by atoms with Gasteiger partial charge in [0.25, 0.3) is 0 Å². The van der Waals surface area contributed by atoms with Crippen LogP contribution in [0.25, 0.3) is 0 Å². The molecule has 0 saturated carbocycles. The number of amides is 1. The number of carbonyl (C=O) groups is 1. The molecule has 2 atom stereocenters. The van der Waals surface area contributed by atoms with Crippen LogP contribution >= 0.6 is 0 Å². The number of nitrogens with zero attached hydrogens (tertiary/aromatic N) is 1. The molecule has 0 radical (unpaired) electrons. The Balaban J connectivity index is 4.29. The Hall–Kier alpha value is -0.620. The molecular weight excluding hydrogens is 228 g/mol. The van der Waals surface area contributed by atoms with Crippen molar-refractivity contribution in [3.05, 3.63) is 0 Å². The number of hydrogen-bond donors (Lipinski definition) is 1. The maximum atomic E-state index is 11.8. The van der Waals surface area contributed by atoms with Gasteiger partial charge in [0.1, 0.15) is 9.84 Å². The second kappa shape index (κ2) is 6.20. The molecule has 96 valence electrons. The number of hydrogen-bond acceptors (Lipinski definition) is 4. The topological polar surface area (TPSA) is 80.5 Å². The highest BCUT2D eigenvalue weighted by atomic mass is 32.2. The first kappa shape index (κ1) is 15.4. The first-order valence-corrected chi connectivity index (χ1v) is 7.43. The van der Waals surface area contributed by atoms with Crippen molar-refractivity contribution in [3.8, 4) is 0 Å². The fraction of sp³-hybridized carbons (Fsp3) is 0.900. The Morgan fingerprint density at radius 3 is 2.31 bits per heavy atom. The van der Waals surface area contributed by atoms with E-state index in [1.165, 1.54) is 4.90 Å². The van der Waals surface area contributed by atoms with Crippen LogP contribution in [-0.2, 0) is 14.6 Å². The van der Waals surface area contributed by atoms with Crippen LogP contribution in [0.3, 0.4) is 0 Å². The standard InChI is InChI=1S/C10H22N2O3S/c1-5-8(2)9(11)10(13)12(3)6-7-16(4,14)15/h8-9H,5-7,11H2,1-4H3. The molecular formula is C10H22N2O3S. The third kappa shape index (κ3) is 5.46. The predicted molar refractivity (Wildman–Crippen MR) is 64.8 cm³/mol. The minimum Gasteiger partial charge on any atom is -0.343 e. The highest BCUT2D eigenvalue weighted by Gasteiger charge is 2.23. The highest BCUT2D eigenvalue weighted by molar-refractivity contribution is 7.90. The lowest BCUT2D eigenvalue weighted by atomic mass is 9.99. The average Bonchev–Trinajstić information content (AvgIpc) is 2.21. The maximum Gasteiger partial charge on any atom is 0.239 e. The van der Waals surface area contributed by atoms with Crippen molar-refractivity contribution >= 4 is 15.7 Å². The van der Waals surface area contributed by atoms with Crippen LogP contribution in [0, 0.1) is 5.92 Å². The third-order valence-electron chi connectivity index (χ3n) is 2.72. The Kier molecular flexibility index (Phi) is 5.96. The zero-order valence-electron chi connectivity index (χ0n) is 10.4. The largest absolute Gasteiger partial charge is 0.343 e. The van der Waals surface area contributed by atoms with Crippen LogP contribution in [0.15, 0.2) is 0 Å². The van der Waals surface area contributed by atoms with E-state index in [9.17, 15) is 13.2 Å². The van der Waals surface area contributed by atoms with Gasteiger partial charge >= 0.3 is 0 Å². The second-order valence-corrected chi connectivity index (χ2v) is 6.56. The Bertz CT molecular complexity index is 327. The Labute approximate surface area is 97.9 Å². The molecule has 0 aliphatic heterocycles. The molecule has 16 heavy (non-hydrogen) atoms. The zero-order chi connectivity index (χ0) is 12.9. The van der Waals surface area contributed by atoms with Gasteiger partial charge in [0.2, 0.25) is 5.91 Å². The van der Waals surface area contributed by atoms with E-state index in [1.807, 2.05) is 13.8 Å². The highest BCUT2D eigenvalue weighted by Crippen LogP contribution is 2.07. The molecule has 0 bridgehead atoms. The molecule has 0 aliphatic carbocycles. The second-order valence-electron chi connectivity index (χ2n) is 4.30. The van der Waals surface area contributed by atoms with Crippen LogP contribution in [0.1, 0.15) is 20.3 Å². The first-order valence-electron chi connectivity index (χ1n) is 5.37. The summed E-state index contributed by atoms with van der Waals surface area (Å²) in [6.45, 7) is 4.07. The van der Waals surface area contributed by atoms with Crippen molar-refractivity contribution in [2.24, 2.45) is 11.7 Å². The minimum atomic E-state index is -3.04. The van der Waals surface area contributed by atoms with E-state index in [-0.39, 0.29) is 24.1 Å². The van der Waals surface area contributed by atoms with Crippen molar-refractivity contribution in [2.45, 2.75) is 26.3 Å². The van der Waals surface area contributed by atoms with Gasteiger partial charge in [0, 0.05) is 19.8 Å². The van der Waals surface area contributed by atoms with Gasteiger partial charge in [-0.2, -0.15) is 0 Å². The van der Waals surface area contributed by atoms with E-state index in [4.69, 9.17) is 5.73 Å². The van der Waals surface area contributed by atoms with Crippen LogP contribution in [-0.4, -0.2) is 50.9 Å². The van der Waals surface area contributed by atoms with Gasteiger partial charge in [0.05, 0.1) is 11.8 Å². The molecule has 5 nitrogen and oxygen atoms in total. The van der Waals surface area contributed by atoms with Crippen molar-refractivity contribution < 1.29 is 13.2 Å². The molecule has 2 unspecified atom stereocenters. The normalized spacial score (nSPS) is 15.6. The van der Waals surface area contributed by atoms with Crippen molar-refractivity contribution in [1.82, 2.24) is 4.90 Å². The molecule has 0 fully saturated rings. The van der Waals surface area contributed by atoms with E-state index in [0.29, 0.717) is 0 Å². The van der Waals surface area contributed by atoms with Crippen LogP contribution < -0.4 is 5.73 Å². The maximum absolute atomic E-state index is 11.8. The molecule has 1 amide bonds. The smallest absolute Gasteiger partial charge is 0.239 e. The zero-order valence-corrected chi connectivity index (χ0v) is 11.3. The van der Waals surface area contributed by atoms with Gasteiger partial charge in [0.15, 0.2) is 0 Å². The molecule has 0 aromatic rings. The molecule has 0 spiro atoms. The fourth-order valence-corrected chi connectivity index (χ4v) is 1.77.